The van der Waals surface area contributed by atoms with E-state index < -0.39 is 16.6 Å². The van der Waals surface area contributed by atoms with Gasteiger partial charge in [-0.25, -0.2) is 14.8 Å². The molecule has 1 heterocycles. The van der Waals surface area contributed by atoms with E-state index in [-0.39, 0.29) is 30.4 Å². The number of nitro groups is 1. The highest BCUT2D eigenvalue weighted by Crippen LogP contribution is 2.38. The molecule has 0 fully saturated rings. The number of halogens is 2. The normalized spacial score (nSPS) is 11.1. The summed E-state index contributed by atoms with van der Waals surface area (Å²) >= 11 is 12.4. The molecule has 0 aliphatic rings. The van der Waals surface area contributed by atoms with Crippen LogP contribution in [0, 0.1) is 10.1 Å². The molecule has 0 aliphatic heterocycles. The summed E-state index contributed by atoms with van der Waals surface area (Å²) in [5, 5.41) is 18.3. The number of hydrogen-bond donors (Lipinski definition) is 2. The van der Waals surface area contributed by atoms with Crippen molar-refractivity contribution in [3.63, 3.8) is 0 Å². The number of rotatable bonds is 8. The molecule has 2 N–H and O–H groups in total. The van der Waals surface area contributed by atoms with Crippen molar-refractivity contribution in [2.45, 2.75) is 26.4 Å². The molecular formula is C22H23Cl2N5O6. The Bertz CT molecular complexity index is 1270. The summed E-state index contributed by atoms with van der Waals surface area (Å²) < 4.78 is 15.9. The zero-order chi connectivity index (χ0) is 25.8. The summed E-state index contributed by atoms with van der Waals surface area (Å²) in [6.45, 7) is 5.27. The fourth-order valence-corrected chi connectivity index (χ4v) is 3.48. The highest BCUT2D eigenvalue weighted by molar-refractivity contribution is 6.37. The molecule has 2 aromatic carbocycles. The van der Waals surface area contributed by atoms with Gasteiger partial charge in [-0.05, 0) is 26.8 Å². The lowest BCUT2D eigenvalue weighted by Gasteiger charge is -2.19. The summed E-state index contributed by atoms with van der Waals surface area (Å²) in [6, 6.07) is 5.82. The highest BCUT2D eigenvalue weighted by Gasteiger charge is 2.21. The molecule has 3 rings (SSSR count). The predicted molar refractivity (Wildman–Crippen MR) is 132 cm³/mol. The van der Waals surface area contributed by atoms with E-state index in [0.29, 0.717) is 32.4 Å². The van der Waals surface area contributed by atoms with Crippen molar-refractivity contribution < 1.29 is 23.9 Å². The van der Waals surface area contributed by atoms with Gasteiger partial charge < -0.3 is 24.8 Å². The molecule has 0 saturated carbocycles. The number of methoxy groups -OCH3 is 1. The molecule has 0 spiro atoms. The van der Waals surface area contributed by atoms with Crippen LogP contribution < -0.4 is 20.1 Å². The third kappa shape index (κ3) is 6.74. The monoisotopic (exact) mass is 523 g/mol. The van der Waals surface area contributed by atoms with Gasteiger partial charge in [0.05, 0.1) is 45.2 Å². The van der Waals surface area contributed by atoms with Crippen molar-refractivity contribution in [2.75, 3.05) is 25.6 Å². The first-order valence-electron chi connectivity index (χ1n) is 10.3. The minimum atomic E-state index is -0.644. The number of alkyl carbamates (subject to hydrolysis) is 1. The van der Waals surface area contributed by atoms with E-state index in [0.717, 1.165) is 0 Å². The Morgan fingerprint density at radius 1 is 1.11 bits per heavy atom. The second-order valence-electron chi connectivity index (χ2n) is 8.19. The van der Waals surface area contributed by atoms with Gasteiger partial charge in [0.15, 0.2) is 5.75 Å². The van der Waals surface area contributed by atoms with Crippen molar-refractivity contribution in [3.05, 3.63) is 50.8 Å². The lowest BCUT2D eigenvalue weighted by Crippen LogP contribution is -2.34. The minimum Gasteiger partial charge on any atom is -0.495 e. The third-order valence-corrected chi connectivity index (χ3v) is 5.04. The number of nitrogens with zero attached hydrogens (tertiary/aromatic N) is 3. The van der Waals surface area contributed by atoms with Crippen LogP contribution in [-0.4, -0.2) is 46.8 Å². The molecule has 0 aliphatic carbocycles. The second-order valence-corrected chi connectivity index (χ2v) is 9.00. The Morgan fingerprint density at radius 3 is 2.51 bits per heavy atom. The Kier molecular flexibility index (Phi) is 8.03. The van der Waals surface area contributed by atoms with Crippen molar-refractivity contribution in [1.82, 2.24) is 15.3 Å². The van der Waals surface area contributed by atoms with Crippen LogP contribution in [0.15, 0.2) is 30.6 Å². The average Bonchev–Trinajstić information content (AvgIpc) is 2.76. The fraction of sp³-hybridized carbons (Fsp3) is 0.318. The van der Waals surface area contributed by atoms with Gasteiger partial charge >= 0.3 is 11.8 Å². The van der Waals surface area contributed by atoms with E-state index in [4.69, 9.17) is 37.4 Å². The quantitative estimate of drug-likeness (QED) is 0.222. The topological polar surface area (TPSA) is 138 Å². The van der Waals surface area contributed by atoms with Crippen LogP contribution in [0.5, 0.6) is 11.5 Å². The molecule has 0 atom stereocenters. The number of nitrogens with one attached hydrogen (secondary N) is 2. The summed E-state index contributed by atoms with van der Waals surface area (Å²) in [5.41, 5.74) is -0.119. The number of fused-ring (bicyclic) bond motifs is 1. The number of ether oxygens (including phenoxy) is 3. The Labute approximate surface area is 210 Å². The molecule has 0 unspecified atom stereocenters. The maximum absolute atomic E-state index is 11.7. The Hall–Kier alpha value is -3.57. The second kappa shape index (κ2) is 10.8. The lowest BCUT2D eigenvalue weighted by atomic mass is 10.2. The van der Waals surface area contributed by atoms with E-state index in [1.165, 1.54) is 31.6 Å². The Morgan fingerprint density at radius 2 is 1.86 bits per heavy atom. The van der Waals surface area contributed by atoms with Crippen LogP contribution in [0.25, 0.3) is 10.9 Å². The summed E-state index contributed by atoms with van der Waals surface area (Å²) in [5.74, 6) is 0.658. The molecule has 13 heteroatoms. The number of benzene rings is 2. The highest BCUT2D eigenvalue weighted by atomic mass is 35.5. The molecule has 11 nitrogen and oxygen atoms in total. The fourth-order valence-electron chi connectivity index (χ4n) is 2.97. The lowest BCUT2D eigenvalue weighted by molar-refractivity contribution is -0.385. The van der Waals surface area contributed by atoms with Crippen LogP contribution in [-0.2, 0) is 4.74 Å². The summed E-state index contributed by atoms with van der Waals surface area (Å²) in [7, 11) is 1.47. The van der Waals surface area contributed by atoms with E-state index in [9.17, 15) is 14.9 Å². The number of hydrogen-bond acceptors (Lipinski definition) is 9. The molecule has 186 valence electrons. The van der Waals surface area contributed by atoms with Crippen molar-refractivity contribution >= 4 is 57.4 Å². The van der Waals surface area contributed by atoms with Crippen molar-refractivity contribution in [1.29, 1.82) is 0 Å². The summed E-state index contributed by atoms with van der Waals surface area (Å²) in [4.78, 5) is 31.3. The van der Waals surface area contributed by atoms with Crippen LogP contribution >= 0.6 is 23.2 Å². The van der Waals surface area contributed by atoms with Crippen LogP contribution in [0.3, 0.4) is 0 Å². The van der Waals surface area contributed by atoms with Gasteiger partial charge in [0.25, 0.3) is 0 Å². The molecule has 1 amide bonds. The Balaban J connectivity index is 1.84. The molecule has 0 bridgehead atoms. The number of aromatic nitrogens is 2. The minimum absolute atomic E-state index is 0.00988. The first-order chi connectivity index (χ1) is 16.5. The van der Waals surface area contributed by atoms with E-state index >= 15 is 0 Å². The predicted octanol–water partition coefficient (Wildman–Crippen LogP) is 5.50. The van der Waals surface area contributed by atoms with Gasteiger partial charge in [0, 0.05) is 18.2 Å². The van der Waals surface area contributed by atoms with Crippen LogP contribution in [0.4, 0.5) is 22.0 Å². The van der Waals surface area contributed by atoms with Crippen LogP contribution in [0.2, 0.25) is 10.0 Å². The molecule has 3 aromatic rings. The van der Waals surface area contributed by atoms with Gasteiger partial charge in [-0.1, -0.05) is 23.2 Å². The maximum Gasteiger partial charge on any atom is 0.407 e. The van der Waals surface area contributed by atoms with Gasteiger partial charge in [-0.15, -0.1) is 0 Å². The standard InChI is InChI=1S/C22H23Cl2N5O6/c1-22(2,3)35-21(30)25-5-6-34-19-9-15-12(7-17(19)29(31)32)20(27-11-26-15)28-16-10-18(33-4)14(24)8-13(16)23/h7-11H,5-6H2,1-4H3,(H,25,30)(H,26,27,28). The number of nitro benzene ring substituents is 1. The van der Waals surface area contributed by atoms with Crippen molar-refractivity contribution in [3.8, 4) is 11.5 Å². The van der Waals surface area contributed by atoms with E-state index in [1.807, 2.05) is 0 Å². The smallest absolute Gasteiger partial charge is 0.407 e. The molecule has 0 saturated heterocycles. The SMILES string of the molecule is COc1cc(Nc2ncnc3cc(OCCNC(=O)OC(C)(C)C)c([N+](=O)[O-])cc23)c(Cl)cc1Cl. The van der Waals surface area contributed by atoms with Crippen molar-refractivity contribution in [2.24, 2.45) is 0 Å². The van der Waals surface area contributed by atoms with E-state index in [2.05, 4.69) is 20.6 Å². The maximum atomic E-state index is 11.7. The van der Waals surface area contributed by atoms with Gasteiger partial charge in [0.2, 0.25) is 0 Å². The van der Waals surface area contributed by atoms with Gasteiger partial charge in [-0.3, -0.25) is 10.1 Å². The van der Waals surface area contributed by atoms with Crippen LogP contribution in [0.1, 0.15) is 20.8 Å². The molecule has 1 aromatic heterocycles. The molecule has 35 heavy (non-hydrogen) atoms. The number of carbonyl (C=O) groups excluding carboxylic acids is 1. The third-order valence-electron chi connectivity index (χ3n) is 4.44. The number of anilines is 2. The molecule has 0 radical (unpaired) electrons. The van der Waals surface area contributed by atoms with Gasteiger partial charge in [0.1, 0.15) is 30.1 Å². The zero-order valence-electron chi connectivity index (χ0n) is 19.3. The zero-order valence-corrected chi connectivity index (χ0v) is 20.9. The number of carbonyl (C=O) groups is 1. The summed E-state index contributed by atoms with van der Waals surface area (Å²) in [6.07, 6.45) is 0.681. The van der Waals surface area contributed by atoms with Gasteiger partial charge in [-0.2, -0.15) is 0 Å². The average molecular weight is 524 g/mol. The first-order valence-corrected chi connectivity index (χ1v) is 11.1. The first kappa shape index (κ1) is 26.0. The largest absolute Gasteiger partial charge is 0.495 e. The van der Waals surface area contributed by atoms with E-state index in [1.54, 1.807) is 26.8 Å². The molecular weight excluding hydrogens is 501 g/mol. The number of amides is 1.